The van der Waals surface area contributed by atoms with Crippen molar-refractivity contribution in [3.8, 4) is 0 Å². The van der Waals surface area contributed by atoms with E-state index in [4.69, 9.17) is 4.74 Å². The molecule has 0 spiro atoms. The number of esters is 1. The van der Waals surface area contributed by atoms with E-state index in [1.54, 1.807) is 12.1 Å². The largest absolute Gasteiger partial charge is 0.469 e. The summed E-state index contributed by atoms with van der Waals surface area (Å²) in [5, 5.41) is 8.95. The molecule has 9 nitrogen and oxygen atoms in total. The summed E-state index contributed by atoms with van der Waals surface area (Å²) in [5.41, 5.74) is 3.99. The molecule has 0 bridgehead atoms. The van der Waals surface area contributed by atoms with Crippen molar-refractivity contribution in [3.63, 3.8) is 0 Å². The van der Waals surface area contributed by atoms with Crippen LogP contribution in [0.4, 0.5) is 5.13 Å². The van der Waals surface area contributed by atoms with Gasteiger partial charge in [0.25, 0.3) is 0 Å². The molecule has 2 atom stereocenters. The highest BCUT2D eigenvalue weighted by Crippen LogP contribution is 2.29. The number of amides is 1. The monoisotopic (exact) mass is 626 g/mol. The topological polar surface area (TPSA) is 118 Å². The van der Waals surface area contributed by atoms with Crippen LogP contribution in [-0.4, -0.2) is 55.3 Å². The first kappa shape index (κ1) is 32.6. The molecule has 2 N–H and O–H groups in total. The number of aromatic nitrogens is 1. The van der Waals surface area contributed by atoms with Crippen LogP contribution in [0.3, 0.4) is 0 Å². The van der Waals surface area contributed by atoms with E-state index in [9.17, 15) is 18.0 Å². The fourth-order valence-electron chi connectivity index (χ4n) is 5.08. The Bertz CT molecular complexity index is 1480. The Morgan fingerprint density at radius 1 is 1.02 bits per heavy atom. The lowest BCUT2D eigenvalue weighted by Gasteiger charge is -2.37. The Morgan fingerprint density at radius 3 is 2.26 bits per heavy atom. The van der Waals surface area contributed by atoms with E-state index in [0.717, 1.165) is 16.8 Å². The van der Waals surface area contributed by atoms with Crippen LogP contribution in [0.2, 0.25) is 0 Å². The zero-order valence-corrected chi connectivity index (χ0v) is 27.1. The molecule has 4 rings (SSSR count). The summed E-state index contributed by atoms with van der Waals surface area (Å²) in [7, 11) is -2.56. The molecule has 1 saturated heterocycles. The van der Waals surface area contributed by atoms with E-state index in [1.807, 2.05) is 29.6 Å². The second kappa shape index (κ2) is 14.5. The number of hydrogen-bond donors (Lipinski definition) is 2. The molecule has 1 aromatic heterocycles. The van der Waals surface area contributed by atoms with Crippen LogP contribution < -0.4 is 10.6 Å². The maximum Gasteiger partial charge on any atom is 0.305 e. The SMILES string of the molecule is COC(=O)CCc1csc(N[C@@H]2CCN(S(=O)(=O)c3ccc(C(C)C)cc3)[C@@H](C(=O)NCc3ccc(C(C)C)cc3)C2)n1. The number of rotatable bonds is 12. The molecule has 0 saturated carbocycles. The molecule has 1 aliphatic heterocycles. The minimum atomic E-state index is -3.92. The standard InChI is InChI=1S/C32H42N4O5S2/c1-21(2)24-8-6-23(7-9-24)19-33-31(38)29-18-26(34-32-35-27(20-42-32)12-15-30(37)41-5)16-17-36(29)43(39,40)28-13-10-25(11-14-28)22(3)4/h6-11,13-14,20-22,26,29H,12,15-19H2,1-5H3,(H,33,38)(H,34,35)/t26-,29-/m1/s1. The Balaban J connectivity index is 1.51. The fourth-order valence-corrected chi connectivity index (χ4v) is 7.52. The van der Waals surface area contributed by atoms with E-state index in [2.05, 4.69) is 55.4 Å². The summed E-state index contributed by atoms with van der Waals surface area (Å²) in [4.78, 5) is 29.9. The van der Waals surface area contributed by atoms with Crippen LogP contribution in [0.5, 0.6) is 0 Å². The maximum atomic E-state index is 13.9. The second-order valence-electron chi connectivity index (χ2n) is 11.6. The summed E-state index contributed by atoms with van der Waals surface area (Å²) < 4.78 is 33.8. The molecular weight excluding hydrogens is 585 g/mol. The summed E-state index contributed by atoms with van der Waals surface area (Å²) >= 11 is 1.42. The van der Waals surface area contributed by atoms with E-state index >= 15 is 0 Å². The minimum Gasteiger partial charge on any atom is -0.469 e. The Kier molecular flexibility index (Phi) is 11.0. The highest BCUT2D eigenvalue weighted by atomic mass is 32.2. The predicted molar refractivity (Wildman–Crippen MR) is 170 cm³/mol. The Morgan fingerprint density at radius 2 is 1.65 bits per heavy atom. The van der Waals surface area contributed by atoms with Gasteiger partial charge in [0.05, 0.1) is 24.1 Å². The number of nitrogens with zero attached hydrogens (tertiary/aromatic N) is 2. The van der Waals surface area contributed by atoms with Crippen LogP contribution >= 0.6 is 11.3 Å². The average Bonchev–Trinajstić information content (AvgIpc) is 3.45. The smallest absolute Gasteiger partial charge is 0.305 e. The molecule has 43 heavy (non-hydrogen) atoms. The first-order chi connectivity index (χ1) is 20.5. The summed E-state index contributed by atoms with van der Waals surface area (Å²) in [5.74, 6) is 0.0587. The van der Waals surface area contributed by atoms with E-state index in [0.29, 0.717) is 36.9 Å². The van der Waals surface area contributed by atoms with Crippen LogP contribution in [0.15, 0.2) is 58.8 Å². The molecule has 11 heteroatoms. The lowest BCUT2D eigenvalue weighted by molar-refractivity contribution is -0.140. The molecule has 232 valence electrons. The maximum absolute atomic E-state index is 13.9. The number of benzene rings is 2. The predicted octanol–water partition coefficient (Wildman–Crippen LogP) is 5.45. The van der Waals surface area contributed by atoms with Crippen LogP contribution in [0, 0.1) is 0 Å². The first-order valence-electron chi connectivity index (χ1n) is 14.7. The number of piperidine rings is 1. The zero-order chi connectivity index (χ0) is 31.1. The van der Waals surface area contributed by atoms with Gasteiger partial charge in [-0.1, -0.05) is 64.1 Å². The van der Waals surface area contributed by atoms with E-state index in [1.165, 1.54) is 28.3 Å². The molecular formula is C32H42N4O5S2. The molecule has 2 heterocycles. The molecule has 0 radical (unpaired) electrons. The zero-order valence-electron chi connectivity index (χ0n) is 25.5. The molecule has 3 aromatic rings. The van der Waals surface area contributed by atoms with Crippen molar-refractivity contribution in [2.24, 2.45) is 0 Å². The summed E-state index contributed by atoms with van der Waals surface area (Å²) in [6.45, 7) is 8.87. The highest BCUT2D eigenvalue weighted by molar-refractivity contribution is 7.89. The lowest BCUT2D eigenvalue weighted by Crippen LogP contribution is -2.55. The highest BCUT2D eigenvalue weighted by Gasteiger charge is 2.41. The van der Waals surface area contributed by atoms with Gasteiger partial charge in [0.1, 0.15) is 6.04 Å². The van der Waals surface area contributed by atoms with Gasteiger partial charge in [-0.05, 0) is 53.5 Å². The Labute approximate surface area is 259 Å². The number of methoxy groups -OCH3 is 1. The molecule has 0 unspecified atom stereocenters. The van der Waals surface area contributed by atoms with E-state index < -0.39 is 16.1 Å². The van der Waals surface area contributed by atoms with Crippen LogP contribution in [0.25, 0.3) is 0 Å². The van der Waals surface area contributed by atoms with Gasteiger partial charge in [-0.15, -0.1) is 11.3 Å². The fraction of sp³-hybridized carbons (Fsp3) is 0.469. The van der Waals surface area contributed by atoms with Crippen LogP contribution in [-0.2, 0) is 37.3 Å². The Hall–Kier alpha value is -3.28. The number of anilines is 1. The minimum absolute atomic E-state index is 0.157. The van der Waals surface area contributed by atoms with Gasteiger partial charge in [0, 0.05) is 30.9 Å². The van der Waals surface area contributed by atoms with Crippen LogP contribution in [0.1, 0.15) is 81.2 Å². The van der Waals surface area contributed by atoms with Gasteiger partial charge in [-0.2, -0.15) is 4.31 Å². The van der Waals surface area contributed by atoms with Gasteiger partial charge in [0.15, 0.2) is 5.13 Å². The van der Waals surface area contributed by atoms with Crippen molar-refractivity contribution < 1.29 is 22.7 Å². The van der Waals surface area contributed by atoms with Crippen molar-refractivity contribution in [3.05, 3.63) is 76.3 Å². The number of ether oxygens (including phenoxy) is 1. The van der Waals surface area contributed by atoms with Crippen molar-refractivity contribution in [2.45, 2.75) is 88.7 Å². The van der Waals surface area contributed by atoms with Gasteiger partial charge < -0.3 is 15.4 Å². The molecule has 1 fully saturated rings. The third-order valence-corrected chi connectivity index (χ3v) is 10.6. The number of carbonyl (C=O) groups excluding carboxylic acids is 2. The van der Waals surface area contributed by atoms with Crippen molar-refractivity contribution in [1.82, 2.24) is 14.6 Å². The van der Waals surface area contributed by atoms with Gasteiger partial charge in [-0.25, -0.2) is 13.4 Å². The molecule has 0 aliphatic carbocycles. The van der Waals surface area contributed by atoms with Crippen molar-refractivity contribution in [2.75, 3.05) is 19.0 Å². The molecule has 1 amide bonds. The first-order valence-corrected chi connectivity index (χ1v) is 17.1. The number of hydrogen-bond acceptors (Lipinski definition) is 8. The summed E-state index contributed by atoms with van der Waals surface area (Å²) in [6, 6.07) is 14.0. The number of thiazole rings is 1. The van der Waals surface area contributed by atoms with E-state index in [-0.39, 0.29) is 41.7 Å². The normalized spacial score (nSPS) is 17.7. The number of nitrogens with one attached hydrogen (secondary N) is 2. The third-order valence-electron chi connectivity index (χ3n) is 7.81. The third kappa shape index (κ3) is 8.43. The number of carbonyl (C=O) groups is 2. The average molecular weight is 627 g/mol. The van der Waals surface area contributed by atoms with Gasteiger partial charge in [-0.3, -0.25) is 9.59 Å². The lowest BCUT2D eigenvalue weighted by atomic mass is 9.98. The number of sulfonamides is 1. The van der Waals surface area contributed by atoms with Gasteiger partial charge >= 0.3 is 5.97 Å². The second-order valence-corrected chi connectivity index (χ2v) is 14.3. The van der Waals surface area contributed by atoms with Crippen molar-refractivity contribution >= 4 is 38.4 Å². The molecule has 2 aromatic carbocycles. The molecule has 1 aliphatic rings. The summed E-state index contributed by atoms with van der Waals surface area (Å²) in [6.07, 6.45) is 1.52. The quantitative estimate of drug-likeness (QED) is 0.257. The van der Waals surface area contributed by atoms with Crippen molar-refractivity contribution in [1.29, 1.82) is 0 Å². The number of aryl methyl sites for hydroxylation is 1. The van der Waals surface area contributed by atoms with Gasteiger partial charge in [0.2, 0.25) is 15.9 Å².